The Morgan fingerprint density at radius 2 is 1.01 bits per heavy atom. The number of allylic oxidation sites excluding steroid dienone is 7. The van der Waals surface area contributed by atoms with Crippen molar-refractivity contribution in [3.8, 4) is 0 Å². The van der Waals surface area contributed by atoms with Crippen molar-refractivity contribution in [3.05, 3.63) is 48.6 Å². The maximum atomic E-state index is 13.1. The molecular formula is C49H85NO18. The van der Waals surface area contributed by atoms with Crippen LogP contribution in [-0.2, 0) is 33.2 Å². The lowest BCUT2D eigenvalue weighted by Gasteiger charge is -2.48. The zero-order chi connectivity index (χ0) is 49.8. The summed E-state index contributed by atoms with van der Waals surface area (Å²) in [5.41, 5.74) is 0. The molecule has 0 aromatic carbocycles. The fourth-order valence-electron chi connectivity index (χ4n) is 8.12. The van der Waals surface area contributed by atoms with Crippen molar-refractivity contribution in [2.75, 3.05) is 26.4 Å². The van der Waals surface area contributed by atoms with Gasteiger partial charge in [-0.3, -0.25) is 4.79 Å². The molecule has 0 bridgehead atoms. The van der Waals surface area contributed by atoms with Crippen LogP contribution < -0.4 is 5.32 Å². The third kappa shape index (κ3) is 20.1. The molecule has 1 amide bonds. The minimum atomic E-state index is -1.98. The van der Waals surface area contributed by atoms with Crippen molar-refractivity contribution in [2.24, 2.45) is 0 Å². The van der Waals surface area contributed by atoms with Crippen molar-refractivity contribution in [1.29, 1.82) is 0 Å². The average molecular weight is 976 g/mol. The lowest BCUT2D eigenvalue weighted by atomic mass is 9.96. The number of hydrogen-bond donors (Lipinski definition) is 12. The molecule has 68 heavy (non-hydrogen) atoms. The zero-order valence-electron chi connectivity index (χ0n) is 40.1. The first-order valence-corrected chi connectivity index (χ1v) is 24.9. The third-order valence-electron chi connectivity index (χ3n) is 12.3. The van der Waals surface area contributed by atoms with Crippen molar-refractivity contribution >= 4 is 5.91 Å². The van der Waals surface area contributed by atoms with E-state index in [-0.39, 0.29) is 18.9 Å². The van der Waals surface area contributed by atoms with Crippen LogP contribution >= 0.6 is 0 Å². The van der Waals surface area contributed by atoms with Crippen LogP contribution in [0.25, 0.3) is 0 Å². The number of aliphatic hydroxyl groups is 11. The Morgan fingerprint density at radius 1 is 0.529 bits per heavy atom. The van der Waals surface area contributed by atoms with Gasteiger partial charge in [-0.1, -0.05) is 107 Å². The van der Waals surface area contributed by atoms with Gasteiger partial charge in [-0.05, 0) is 57.8 Å². The minimum Gasteiger partial charge on any atom is -0.394 e. The molecular weight excluding hydrogens is 891 g/mol. The van der Waals surface area contributed by atoms with Crippen molar-refractivity contribution in [2.45, 2.75) is 227 Å². The van der Waals surface area contributed by atoms with Gasteiger partial charge in [0.15, 0.2) is 18.9 Å². The van der Waals surface area contributed by atoms with Gasteiger partial charge in [0.2, 0.25) is 5.91 Å². The van der Waals surface area contributed by atoms with E-state index in [2.05, 4.69) is 55.6 Å². The molecule has 0 radical (unpaired) electrons. The molecule has 0 aliphatic carbocycles. The molecule has 3 aliphatic heterocycles. The standard InChI is InChI=1S/C49H85NO18/c1-3-5-7-9-11-12-13-14-15-16-17-18-19-21-23-25-27-37(55)50-32(33(54)26-24-22-20-10-8-6-4-2)31-63-47-43(61)40(58)45(35(29-52)65-47)68-49-44(62)41(59)46(36(30-53)66-49)67-48-42(60)39(57)38(56)34(28-51)64-48/h8,10,12-13,15-16,24,26,32-36,38-49,51-54,56-62H,3-7,9,11,14,17-23,25,27-31H2,1-2H3,(H,50,55)/b10-8+,13-12-,16-15-,26-24+. The fraction of sp³-hybridized carbons (Fsp3) is 0.816. The molecule has 0 saturated carbocycles. The van der Waals surface area contributed by atoms with Crippen LogP contribution in [-0.4, -0.2) is 193 Å². The van der Waals surface area contributed by atoms with E-state index in [1.165, 1.54) is 25.7 Å². The molecule has 3 fully saturated rings. The summed E-state index contributed by atoms with van der Waals surface area (Å²) in [5.74, 6) is -0.308. The number of hydrogen-bond acceptors (Lipinski definition) is 18. The Balaban J connectivity index is 1.54. The molecule has 19 nitrogen and oxygen atoms in total. The maximum absolute atomic E-state index is 13.1. The predicted molar refractivity (Wildman–Crippen MR) is 249 cm³/mol. The Bertz CT molecular complexity index is 1450. The van der Waals surface area contributed by atoms with Gasteiger partial charge in [-0.25, -0.2) is 0 Å². The highest BCUT2D eigenvalue weighted by atomic mass is 16.8. The zero-order valence-corrected chi connectivity index (χ0v) is 40.1. The number of rotatable bonds is 33. The molecule has 3 heterocycles. The number of amides is 1. The number of carbonyl (C=O) groups excluding carboxylic acids is 1. The molecule has 3 rings (SSSR count). The Labute approximate surface area is 402 Å². The predicted octanol–water partition coefficient (Wildman–Crippen LogP) is 1.19. The molecule has 0 aromatic rings. The first kappa shape index (κ1) is 60.1. The lowest BCUT2D eigenvalue weighted by molar-refractivity contribution is -0.379. The average Bonchev–Trinajstić information content (AvgIpc) is 3.33. The Morgan fingerprint density at radius 3 is 1.60 bits per heavy atom. The number of unbranched alkanes of at least 4 members (excludes halogenated alkanes) is 11. The summed E-state index contributed by atoms with van der Waals surface area (Å²) in [4.78, 5) is 13.1. The molecule has 0 aromatic heterocycles. The molecule has 19 heteroatoms. The van der Waals surface area contributed by atoms with Crippen molar-refractivity contribution in [3.63, 3.8) is 0 Å². The van der Waals surface area contributed by atoms with E-state index in [1.807, 2.05) is 0 Å². The highest BCUT2D eigenvalue weighted by molar-refractivity contribution is 5.76. The smallest absolute Gasteiger partial charge is 0.220 e. The minimum absolute atomic E-state index is 0.217. The summed E-state index contributed by atoms with van der Waals surface area (Å²) in [6.45, 7) is 1.50. The monoisotopic (exact) mass is 976 g/mol. The first-order valence-electron chi connectivity index (χ1n) is 24.9. The summed E-state index contributed by atoms with van der Waals surface area (Å²) in [6, 6.07) is -0.993. The van der Waals surface area contributed by atoms with Gasteiger partial charge in [0, 0.05) is 6.42 Å². The van der Waals surface area contributed by atoms with Crippen LogP contribution in [0.15, 0.2) is 48.6 Å². The summed E-state index contributed by atoms with van der Waals surface area (Å²) in [7, 11) is 0. The number of carbonyl (C=O) groups is 1. The summed E-state index contributed by atoms with van der Waals surface area (Å²) in [6.07, 6.45) is 5.90. The molecule has 0 spiro atoms. The van der Waals surface area contributed by atoms with Crippen molar-refractivity contribution < 1.29 is 89.4 Å². The van der Waals surface area contributed by atoms with Gasteiger partial charge >= 0.3 is 0 Å². The van der Waals surface area contributed by atoms with Gasteiger partial charge in [-0.15, -0.1) is 0 Å². The largest absolute Gasteiger partial charge is 0.394 e. The number of ether oxygens (including phenoxy) is 6. The van der Waals surface area contributed by atoms with Gasteiger partial charge in [0.25, 0.3) is 0 Å². The van der Waals surface area contributed by atoms with Crippen molar-refractivity contribution in [1.82, 2.24) is 5.32 Å². The van der Waals surface area contributed by atoms with Crippen LogP contribution in [0.5, 0.6) is 0 Å². The second-order valence-electron chi connectivity index (χ2n) is 17.9. The fourth-order valence-corrected chi connectivity index (χ4v) is 8.12. The molecule has 3 aliphatic rings. The van der Waals surface area contributed by atoms with Gasteiger partial charge in [-0.2, -0.15) is 0 Å². The van der Waals surface area contributed by atoms with E-state index in [1.54, 1.807) is 12.2 Å². The normalized spacial score (nSPS) is 33.6. The van der Waals surface area contributed by atoms with Crippen LogP contribution in [0.2, 0.25) is 0 Å². The van der Waals surface area contributed by atoms with E-state index < -0.39 is 124 Å². The molecule has 12 N–H and O–H groups in total. The highest BCUT2D eigenvalue weighted by Gasteiger charge is 2.53. The van der Waals surface area contributed by atoms with E-state index in [4.69, 9.17) is 28.4 Å². The molecule has 17 atom stereocenters. The summed E-state index contributed by atoms with van der Waals surface area (Å²) >= 11 is 0. The topological polar surface area (TPSA) is 307 Å². The van der Waals surface area contributed by atoms with Gasteiger partial charge < -0.3 is 89.9 Å². The highest BCUT2D eigenvalue weighted by Crippen LogP contribution is 2.33. The third-order valence-corrected chi connectivity index (χ3v) is 12.3. The Kier molecular flexibility index (Phi) is 30.2. The van der Waals surface area contributed by atoms with E-state index in [9.17, 15) is 61.0 Å². The second-order valence-corrected chi connectivity index (χ2v) is 17.9. The number of nitrogens with one attached hydrogen (secondary N) is 1. The van der Waals surface area contributed by atoms with Crippen LogP contribution in [0.4, 0.5) is 0 Å². The first-order chi connectivity index (χ1) is 32.8. The SMILES string of the molecule is CCC/C=C/CC/C=C/C(O)C(COC1OC(CO)C(OC2OC(CO)C(OC3OC(CO)C(O)C(O)C3O)C(O)C2O)C(O)C1O)NC(=O)CCCCCCC/C=C\C/C=C\CCCCCC. The maximum Gasteiger partial charge on any atom is 0.220 e. The van der Waals surface area contributed by atoms with Gasteiger partial charge in [0.05, 0.1) is 38.6 Å². The van der Waals surface area contributed by atoms with Gasteiger partial charge in [0.1, 0.15) is 73.2 Å². The Hall–Kier alpha value is -2.25. The van der Waals surface area contributed by atoms with E-state index >= 15 is 0 Å². The summed E-state index contributed by atoms with van der Waals surface area (Å²) < 4.78 is 34.0. The van der Waals surface area contributed by atoms with E-state index in [0.717, 1.165) is 64.2 Å². The molecule has 394 valence electrons. The number of aliphatic hydroxyl groups excluding tert-OH is 11. The van der Waals surface area contributed by atoms with Crippen LogP contribution in [0.1, 0.15) is 123 Å². The second kappa shape index (κ2) is 34.2. The van der Waals surface area contributed by atoms with Crippen LogP contribution in [0.3, 0.4) is 0 Å². The molecule has 3 saturated heterocycles. The van der Waals surface area contributed by atoms with E-state index in [0.29, 0.717) is 12.8 Å². The summed E-state index contributed by atoms with van der Waals surface area (Å²) in [5, 5.41) is 119. The quantitative estimate of drug-likeness (QED) is 0.0325. The van der Waals surface area contributed by atoms with Crippen LogP contribution in [0, 0.1) is 0 Å². The molecule has 17 unspecified atom stereocenters. The lowest BCUT2D eigenvalue weighted by Crippen LogP contribution is -2.66.